The number of aromatic nitrogens is 4. The number of fused-ring (bicyclic) bond motifs is 1. The summed E-state index contributed by atoms with van der Waals surface area (Å²) in [5.74, 6) is 0.350. The van der Waals surface area contributed by atoms with Crippen molar-refractivity contribution in [2.75, 3.05) is 5.43 Å². The second-order valence-electron chi connectivity index (χ2n) is 7.31. The van der Waals surface area contributed by atoms with Crippen LogP contribution in [0.3, 0.4) is 0 Å². The number of halogens is 1. The first-order chi connectivity index (χ1) is 15.4. The number of benzene rings is 2. The second kappa shape index (κ2) is 9.19. The first kappa shape index (κ1) is 21.5. The van der Waals surface area contributed by atoms with E-state index in [4.69, 9.17) is 0 Å². The maximum atomic E-state index is 12.6. The molecular weight excluding hydrogens is 472 g/mol. The highest BCUT2D eigenvalue weighted by atomic mass is 79.9. The van der Waals surface area contributed by atoms with E-state index in [0.717, 1.165) is 21.2 Å². The maximum Gasteiger partial charge on any atom is 0.329 e. The molecule has 2 aromatic heterocycles. The molecule has 0 aliphatic carbocycles. The number of hydrogen-bond donors (Lipinski definition) is 2. The molecule has 0 fully saturated rings. The van der Waals surface area contributed by atoms with E-state index >= 15 is 0 Å². The Labute approximate surface area is 192 Å². The molecule has 9 heteroatoms. The maximum absolute atomic E-state index is 12.6. The average molecular weight is 493 g/mol. The van der Waals surface area contributed by atoms with Crippen LogP contribution in [0.1, 0.15) is 16.7 Å². The summed E-state index contributed by atoms with van der Waals surface area (Å²) in [6, 6.07) is 17.8. The van der Waals surface area contributed by atoms with Crippen LogP contribution in [0.15, 0.2) is 73.8 Å². The van der Waals surface area contributed by atoms with Crippen LogP contribution in [-0.2, 0) is 13.6 Å². The first-order valence-electron chi connectivity index (χ1n) is 9.89. The van der Waals surface area contributed by atoms with Crippen molar-refractivity contribution in [2.24, 2.45) is 12.1 Å². The zero-order valence-electron chi connectivity index (χ0n) is 17.5. The first-order valence-corrected chi connectivity index (χ1v) is 10.7. The topological polar surface area (TPSA) is 97.1 Å². The van der Waals surface area contributed by atoms with Gasteiger partial charge in [0.15, 0.2) is 11.2 Å². The fourth-order valence-corrected chi connectivity index (χ4v) is 3.61. The monoisotopic (exact) mass is 492 g/mol. The number of anilines is 1. The zero-order valence-corrected chi connectivity index (χ0v) is 19.1. The number of hydrazone groups is 1. The lowest BCUT2D eigenvalue weighted by Crippen LogP contribution is -2.29. The van der Waals surface area contributed by atoms with Gasteiger partial charge in [-0.2, -0.15) is 10.1 Å². The molecular formula is C23H21BrN6O2. The molecule has 0 spiro atoms. The van der Waals surface area contributed by atoms with Gasteiger partial charge in [-0.3, -0.25) is 18.9 Å². The van der Waals surface area contributed by atoms with Crippen molar-refractivity contribution in [2.45, 2.75) is 13.5 Å². The van der Waals surface area contributed by atoms with E-state index in [0.29, 0.717) is 18.0 Å². The Kier molecular flexibility index (Phi) is 6.18. The lowest BCUT2D eigenvalue weighted by molar-refractivity contribution is 0.808. The molecule has 0 bridgehead atoms. The summed E-state index contributed by atoms with van der Waals surface area (Å²) < 4.78 is 3.77. The molecule has 2 N–H and O–H groups in total. The van der Waals surface area contributed by atoms with Gasteiger partial charge in [0.05, 0.1) is 12.8 Å². The van der Waals surface area contributed by atoms with Crippen molar-refractivity contribution < 1.29 is 0 Å². The van der Waals surface area contributed by atoms with Gasteiger partial charge < -0.3 is 0 Å². The standard InChI is InChI=1S/C23H21BrN6O2/c1-15-8-10-17(11-9-15)14-30-19-20(29(2)23(32)27-21(19)31)26-22(30)28-25-13-18(24)12-16-6-4-3-5-7-16/h3-13H,14H2,1-2H3,(H,26,28)(H,27,31,32)/b18-12-,25-13+. The Morgan fingerprint density at radius 3 is 2.59 bits per heavy atom. The Hall–Kier alpha value is -3.72. The van der Waals surface area contributed by atoms with Crippen molar-refractivity contribution in [3.05, 3.63) is 96.6 Å². The Morgan fingerprint density at radius 1 is 1.16 bits per heavy atom. The lowest BCUT2D eigenvalue weighted by atomic mass is 10.1. The largest absolute Gasteiger partial charge is 0.329 e. The molecule has 0 aliphatic rings. The van der Waals surface area contributed by atoms with Crippen LogP contribution < -0.4 is 16.7 Å². The van der Waals surface area contributed by atoms with Gasteiger partial charge in [0.1, 0.15) is 0 Å². The summed E-state index contributed by atoms with van der Waals surface area (Å²) >= 11 is 3.48. The van der Waals surface area contributed by atoms with E-state index in [9.17, 15) is 9.59 Å². The predicted molar refractivity (Wildman–Crippen MR) is 131 cm³/mol. The van der Waals surface area contributed by atoms with Crippen molar-refractivity contribution in [3.63, 3.8) is 0 Å². The van der Waals surface area contributed by atoms with Gasteiger partial charge in [0.2, 0.25) is 5.95 Å². The van der Waals surface area contributed by atoms with E-state index in [1.807, 2.05) is 67.6 Å². The van der Waals surface area contributed by atoms with Crippen LogP contribution in [-0.4, -0.2) is 25.3 Å². The van der Waals surface area contributed by atoms with Gasteiger partial charge in [0, 0.05) is 11.5 Å². The van der Waals surface area contributed by atoms with Crippen molar-refractivity contribution >= 4 is 45.3 Å². The predicted octanol–water partition coefficient (Wildman–Crippen LogP) is 3.61. The van der Waals surface area contributed by atoms with Crippen LogP contribution in [0.4, 0.5) is 5.95 Å². The Bertz CT molecular complexity index is 1430. The molecule has 0 saturated carbocycles. The summed E-state index contributed by atoms with van der Waals surface area (Å²) in [5, 5.41) is 4.26. The fraction of sp³-hybridized carbons (Fsp3) is 0.130. The average Bonchev–Trinajstić information content (AvgIpc) is 3.13. The third kappa shape index (κ3) is 4.62. The normalized spacial score (nSPS) is 12.0. The number of nitrogens with zero attached hydrogens (tertiary/aromatic N) is 4. The van der Waals surface area contributed by atoms with Gasteiger partial charge >= 0.3 is 5.69 Å². The van der Waals surface area contributed by atoms with Gasteiger partial charge in [-0.25, -0.2) is 10.2 Å². The molecule has 4 aromatic rings. The molecule has 0 saturated heterocycles. The van der Waals surface area contributed by atoms with Crippen LogP contribution >= 0.6 is 15.9 Å². The summed E-state index contributed by atoms with van der Waals surface area (Å²) in [5.41, 5.74) is 5.62. The molecule has 8 nitrogen and oxygen atoms in total. The smallest absolute Gasteiger partial charge is 0.298 e. The molecule has 2 heterocycles. The molecule has 4 rings (SSSR count). The molecule has 0 radical (unpaired) electrons. The number of nitrogens with one attached hydrogen (secondary N) is 2. The number of rotatable bonds is 6. The molecule has 0 atom stereocenters. The van der Waals surface area contributed by atoms with E-state index in [1.165, 1.54) is 4.57 Å². The van der Waals surface area contributed by atoms with Gasteiger partial charge in [0.25, 0.3) is 5.56 Å². The minimum Gasteiger partial charge on any atom is -0.298 e. The zero-order chi connectivity index (χ0) is 22.7. The number of H-pyrrole nitrogens is 1. The highest BCUT2D eigenvalue weighted by Gasteiger charge is 2.17. The Morgan fingerprint density at radius 2 is 1.88 bits per heavy atom. The molecule has 32 heavy (non-hydrogen) atoms. The van der Waals surface area contributed by atoms with Crippen LogP contribution in [0.2, 0.25) is 0 Å². The highest BCUT2D eigenvalue weighted by molar-refractivity contribution is 9.12. The summed E-state index contributed by atoms with van der Waals surface area (Å²) in [7, 11) is 1.57. The summed E-state index contributed by atoms with van der Waals surface area (Å²) in [6.45, 7) is 2.40. The van der Waals surface area contributed by atoms with E-state index in [-0.39, 0.29) is 5.65 Å². The molecule has 0 amide bonds. The molecule has 2 aromatic carbocycles. The second-order valence-corrected chi connectivity index (χ2v) is 8.22. The van der Waals surface area contributed by atoms with Gasteiger partial charge in [-0.05, 0) is 40.1 Å². The minimum absolute atomic E-state index is 0.280. The highest BCUT2D eigenvalue weighted by Crippen LogP contribution is 2.18. The van der Waals surface area contributed by atoms with Crippen LogP contribution in [0.5, 0.6) is 0 Å². The molecule has 162 valence electrons. The van der Waals surface area contributed by atoms with Crippen molar-refractivity contribution in [1.82, 2.24) is 19.1 Å². The fourth-order valence-electron chi connectivity index (χ4n) is 3.25. The number of aromatic amines is 1. The van der Waals surface area contributed by atoms with Gasteiger partial charge in [-0.15, -0.1) is 0 Å². The number of aryl methyl sites for hydroxylation is 2. The SMILES string of the molecule is Cc1ccc(Cn2c(N/N=C/C(Br)=C/c3ccccc3)nc3c2c(=O)[nH]c(=O)n3C)cc1. The molecule has 0 unspecified atom stereocenters. The lowest BCUT2D eigenvalue weighted by Gasteiger charge is -2.08. The summed E-state index contributed by atoms with van der Waals surface area (Å²) in [4.78, 5) is 31.5. The van der Waals surface area contributed by atoms with Crippen molar-refractivity contribution in [3.8, 4) is 0 Å². The van der Waals surface area contributed by atoms with E-state index < -0.39 is 11.2 Å². The quantitative estimate of drug-likeness (QED) is 0.317. The number of hydrogen-bond acceptors (Lipinski definition) is 5. The third-order valence-corrected chi connectivity index (χ3v) is 5.36. The van der Waals surface area contributed by atoms with E-state index in [2.05, 4.69) is 36.4 Å². The van der Waals surface area contributed by atoms with Gasteiger partial charge in [-0.1, -0.05) is 60.2 Å². The third-order valence-electron chi connectivity index (χ3n) is 4.92. The number of imidazole rings is 1. The van der Waals surface area contributed by atoms with E-state index in [1.54, 1.807) is 17.8 Å². The minimum atomic E-state index is -0.522. The van der Waals surface area contributed by atoms with Crippen LogP contribution in [0.25, 0.3) is 17.2 Å². The Balaban J connectivity index is 1.71. The van der Waals surface area contributed by atoms with Crippen molar-refractivity contribution in [1.29, 1.82) is 0 Å². The van der Waals surface area contributed by atoms with Crippen LogP contribution in [0, 0.1) is 6.92 Å². The summed E-state index contributed by atoms with van der Waals surface area (Å²) in [6.07, 6.45) is 3.53. The number of allylic oxidation sites excluding steroid dienone is 1. The molecule has 0 aliphatic heterocycles.